The van der Waals surface area contributed by atoms with Gasteiger partial charge in [0.05, 0.1) is 35.3 Å². The molecular weight excluding hydrogens is 380 g/mol. The molecule has 3 aromatic rings. The standard InChI is InChI=1S/C23H24N4O3/c1-3-27-18-8-6-5-7-17(18)25-22(27)20-19(28)14-26(21(20)24)13-15-9-11-16(12-10-15)23(29)30-4-2/h5-12,24,28H,3-4,13-14H2,1-2H3. The average molecular weight is 404 g/mol. The van der Waals surface area contributed by atoms with Crippen LogP contribution in [0.2, 0.25) is 0 Å². The molecular formula is C23H24N4O3. The van der Waals surface area contributed by atoms with E-state index in [9.17, 15) is 9.90 Å². The molecule has 7 heteroatoms. The highest BCUT2D eigenvalue weighted by Crippen LogP contribution is 2.30. The van der Waals surface area contributed by atoms with Crippen molar-refractivity contribution >= 4 is 28.4 Å². The highest BCUT2D eigenvalue weighted by Gasteiger charge is 2.31. The first-order chi connectivity index (χ1) is 14.5. The van der Waals surface area contributed by atoms with Crippen molar-refractivity contribution in [2.45, 2.75) is 26.9 Å². The van der Waals surface area contributed by atoms with Gasteiger partial charge in [0.2, 0.25) is 0 Å². The minimum atomic E-state index is -0.349. The Labute approximate surface area is 174 Å². The van der Waals surface area contributed by atoms with Crippen LogP contribution < -0.4 is 0 Å². The molecule has 0 spiro atoms. The number of amidine groups is 1. The van der Waals surface area contributed by atoms with Gasteiger partial charge in [0, 0.05) is 13.1 Å². The average Bonchev–Trinajstić information content (AvgIpc) is 3.24. The normalized spacial score (nSPS) is 14.1. The van der Waals surface area contributed by atoms with Gasteiger partial charge in [-0.1, -0.05) is 24.3 Å². The monoisotopic (exact) mass is 404 g/mol. The van der Waals surface area contributed by atoms with Crippen LogP contribution in [0.4, 0.5) is 0 Å². The Bertz CT molecular complexity index is 1140. The number of nitrogens with zero attached hydrogens (tertiary/aromatic N) is 3. The van der Waals surface area contributed by atoms with E-state index in [-0.39, 0.29) is 24.1 Å². The van der Waals surface area contributed by atoms with Crippen LogP contribution in [-0.2, 0) is 17.8 Å². The summed E-state index contributed by atoms with van der Waals surface area (Å²) in [6, 6.07) is 14.9. The Hall–Kier alpha value is -3.61. The van der Waals surface area contributed by atoms with Crippen molar-refractivity contribution in [1.82, 2.24) is 14.5 Å². The molecule has 0 amide bonds. The van der Waals surface area contributed by atoms with Crippen LogP contribution in [0.5, 0.6) is 0 Å². The Morgan fingerprint density at radius 3 is 2.60 bits per heavy atom. The van der Waals surface area contributed by atoms with Gasteiger partial charge in [0.15, 0.2) is 0 Å². The molecule has 2 aromatic carbocycles. The minimum Gasteiger partial charge on any atom is -0.510 e. The van der Waals surface area contributed by atoms with E-state index in [1.54, 1.807) is 24.0 Å². The molecule has 0 bridgehead atoms. The van der Waals surface area contributed by atoms with E-state index < -0.39 is 0 Å². The number of esters is 1. The summed E-state index contributed by atoms with van der Waals surface area (Å²) < 4.78 is 7.03. The maximum Gasteiger partial charge on any atom is 0.338 e. The van der Waals surface area contributed by atoms with Gasteiger partial charge in [0.1, 0.15) is 17.4 Å². The van der Waals surface area contributed by atoms with Crippen molar-refractivity contribution in [3.8, 4) is 0 Å². The zero-order valence-electron chi connectivity index (χ0n) is 17.1. The predicted octanol–water partition coefficient (Wildman–Crippen LogP) is 4.00. The van der Waals surface area contributed by atoms with E-state index in [0.29, 0.717) is 36.7 Å². The van der Waals surface area contributed by atoms with Gasteiger partial charge in [-0.05, 0) is 43.7 Å². The van der Waals surface area contributed by atoms with Crippen LogP contribution in [0.15, 0.2) is 54.3 Å². The second-order valence-corrected chi connectivity index (χ2v) is 7.11. The number of aryl methyl sites for hydroxylation is 1. The molecule has 2 N–H and O–H groups in total. The molecule has 1 aromatic heterocycles. The van der Waals surface area contributed by atoms with Crippen molar-refractivity contribution in [1.29, 1.82) is 5.41 Å². The molecule has 0 atom stereocenters. The van der Waals surface area contributed by atoms with E-state index >= 15 is 0 Å². The summed E-state index contributed by atoms with van der Waals surface area (Å²) in [7, 11) is 0. The van der Waals surface area contributed by atoms with Crippen molar-refractivity contribution in [2.24, 2.45) is 0 Å². The summed E-state index contributed by atoms with van der Waals surface area (Å²) in [4.78, 5) is 18.3. The summed E-state index contributed by atoms with van der Waals surface area (Å²) in [5.41, 5.74) is 3.73. The van der Waals surface area contributed by atoms with Crippen LogP contribution in [-0.4, -0.2) is 44.5 Å². The highest BCUT2D eigenvalue weighted by molar-refractivity contribution is 6.23. The molecule has 1 aliphatic rings. The van der Waals surface area contributed by atoms with Crippen molar-refractivity contribution in [3.63, 3.8) is 0 Å². The van der Waals surface area contributed by atoms with Gasteiger partial charge in [-0.15, -0.1) is 0 Å². The molecule has 0 radical (unpaired) electrons. The summed E-state index contributed by atoms with van der Waals surface area (Å²) in [5.74, 6) is 0.652. The fourth-order valence-electron chi connectivity index (χ4n) is 3.77. The number of aromatic nitrogens is 2. The second kappa shape index (κ2) is 8.02. The number of carbonyl (C=O) groups excluding carboxylic acids is 1. The van der Waals surface area contributed by atoms with Gasteiger partial charge < -0.3 is 19.3 Å². The Balaban J connectivity index is 1.57. The Kier molecular flexibility index (Phi) is 5.27. The van der Waals surface area contributed by atoms with Crippen LogP contribution in [0.1, 0.15) is 35.6 Å². The van der Waals surface area contributed by atoms with Crippen molar-refractivity contribution < 1.29 is 14.6 Å². The number of para-hydroxylation sites is 2. The van der Waals surface area contributed by atoms with Crippen LogP contribution >= 0.6 is 0 Å². The predicted molar refractivity (Wildman–Crippen MR) is 115 cm³/mol. The first kappa shape index (κ1) is 19.7. The van der Waals surface area contributed by atoms with Gasteiger partial charge >= 0.3 is 5.97 Å². The lowest BCUT2D eigenvalue weighted by molar-refractivity contribution is 0.0526. The number of hydrogen-bond acceptors (Lipinski definition) is 5. The molecule has 30 heavy (non-hydrogen) atoms. The molecule has 1 aliphatic heterocycles. The molecule has 2 heterocycles. The lowest BCUT2D eigenvalue weighted by atomic mass is 10.1. The summed E-state index contributed by atoms with van der Waals surface area (Å²) in [5, 5.41) is 19.3. The van der Waals surface area contributed by atoms with E-state index in [2.05, 4.69) is 4.98 Å². The van der Waals surface area contributed by atoms with Crippen LogP contribution in [0, 0.1) is 5.41 Å². The Morgan fingerprint density at radius 2 is 1.90 bits per heavy atom. The van der Waals surface area contributed by atoms with E-state index in [1.165, 1.54) is 0 Å². The van der Waals surface area contributed by atoms with Crippen LogP contribution in [0.3, 0.4) is 0 Å². The van der Waals surface area contributed by atoms with Gasteiger partial charge in [0.25, 0.3) is 0 Å². The zero-order chi connectivity index (χ0) is 21.3. The van der Waals surface area contributed by atoms with E-state index in [0.717, 1.165) is 16.6 Å². The third kappa shape index (κ3) is 3.43. The first-order valence-corrected chi connectivity index (χ1v) is 10.0. The first-order valence-electron chi connectivity index (χ1n) is 10.0. The summed E-state index contributed by atoms with van der Waals surface area (Å²) in [6.45, 7) is 5.52. The second-order valence-electron chi connectivity index (χ2n) is 7.11. The third-order valence-electron chi connectivity index (χ3n) is 5.22. The number of ether oxygens (including phenoxy) is 1. The number of nitrogens with one attached hydrogen (secondary N) is 1. The molecule has 0 saturated carbocycles. The van der Waals surface area contributed by atoms with E-state index in [1.807, 2.05) is 47.9 Å². The molecule has 7 nitrogen and oxygen atoms in total. The number of fused-ring (bicyclic) bond motifs is 1. The third-order valence-corrected chi connectivity index (χ3v) is 5.22. The molecule has 0 fully saturated rings. The maximum absolute atomic E-state index is 11.8. The quantitative estimate of drug-likeness (QED) is 0.606. The van der Waals surface area contributed by atoms with Gasteiger partial charge in [-0.25, -0.2) is 9.78 Å². The zero-order valence-corrected chi connectivity index (χ0v) is 17.1. The number of imidazole rings is 1. The van der Waals surface area contributed by atoms with Crippen LogP contribution in [0.25, 0.3) is 16.6 Å². The number of aliphatic hydroxyl groups is 1. The van der Waals surface area contributed by atoms with Gasteiger partial charge in [-0.2, -0.15) is 0 Å². The number of hydrogen-bond donors (Lipinski definition) is 2. The largest absolute Gasteiger partial charge is 0.510 e. The number of carbonyl (C=O) groups is 1. The minimum absolute atomic E-state index is 0.146. The Morgan fingerprint density at radius 1 is 1.17 bits per heavy atom. The lowest BCUT2D eigenvalue weighted by Crippen LogP contribution is -2.26. The highest BCUT2D eigenvalue weighted by atomic mass is 16.5. The number of aliphatic hydroxyl groups excluding tert-OH is 1. The van der Waals surface area contributed by atoms with E-state index in [4.69, 9.17) is 10.1 Å². The van der Waals surface area contributed by atoms with Crippen molar-refractivity contribution in [2.75, 3.05) is 13.2 Å². The number of benzene rings is 2. The smallest absolute Gasteiger partial charge is 0.338 e. The summed E-state index contributed by atoms with van der Waals surface area (Å²) in [6.07, 6.45) is 0. The number of rotatable bonds is 6. The van der Waals surface area contributed by atoms with Gasteiger partial charge in [-0.3, -0.25) is 5.41 Å². The SMILES string of the molecule is CCOC(=O)c1ccc(CN2CC(O)=C(c3nc4ccccc4n3CC)C2=N)cc1. The molecule has 0 saturated heterocycles. The fourth-order valence-corrected chi connectivity index (χ4v) is 3.77. The van der Waals surface area contributed by atoms with Crippen molar-refractivity contribution in [3.05, 3.63) is 71.2 Å². The lowest BCUT2D eigenvalue weighted by Gasteiger charge is -2.19. The molecule has 0 aliphatic carbocycles. The molecule has 4 rings (SSSR count). The summed E-state index contributed by atoms with van der Waals surface area (Å²) >= 11 is 0. The molecule has 0 unspecified atom stereocenters. The molecule has 154 valence electrons. The fraction of sp³-hybridized carbons (Fsp3) is 0.261. The topological polar surface area (TPSA) is 91.4 Å². The maximum atomic E-state index is 11.8.